The minimum atomic E-state index is -0.315. The van der Waals surface area contributed by atoms with Crippen molar-refractivity contribution in [2.45, 2.75) is 6.42 Å². The summed E-state index contributed by atoms with van der Waals surface area (Å²) in [6.07, 6.45) is 5.45. The molecule has 9 rings (SSSR count). The summed E-state index contributed by atoms with van der Waals surface area (Å²) in [6, 6.07) is 28.0. The van der Waals surface area contributed by atoms with Crippen molar-refractivity contribution < 1.29 is 19.1 Å². The summed E-state index contributed by atoms with van der Waals surface area (Å²) in [5.41, 5.74) is 1.46. The summed E-state index contributed by atoms with van der Waals surface area (Å²) >= 11 is 0. The van der Waals surface area contributed by atoms with Gasteiger partial charge in [-0.2, -0.15) is 0 Å². The quantitative estimate of drug-likeness (QED) is 0.240. The van der Waals surface area contributed by atoms with Crippen LogP contribution in [0.1, 0.15) is 16.8 Å². The molecule has 6 heteroatoms. The number of ether oxygens (including phenoxy) is 1. The predicted molar refractivity (Wildman–Crippen MR) is 152 cm³/mol. The second-order valence-corrected chi connectivity index (χ2v) is 11.3. The third-order valence-electron chi connectivity index (χ3n) is 9.10. The number of nitrogens with zero attached hydrogens (tertiary/aromatic N) is 1. The van der Waals surface area contributed by atoms with Crippen LogP contribution in [0.4, 0.5) is 11.4 Å². The van der Waals surface area contributed by atoms with Crippen molar-refractivity contribution >= 4 is 39.9 Å². The van der Waals surface area contributed by atoms with Crippen LogP contribution in [0.5, 0.6) is 11.5 Å². The fourth-order valence-corrected chi connectivity index (χ4v) is 7.17. The lowest BCUT2D eigenvalue weighted by Gasteiger charge is -2.37. The standard InChI is InChI=1S/C34H26N2O4/c37-32(35-22-9-12-24(13-10-22)40-25-11-8-19-4-1-2-5-20(19)17-25)21-6-3-7-23(16-21)36-33(38)30-26-14-15-27(29-18-28(26)29)31(30)34(36)39/h1-17,26-31H,18H2,(H,35,37)/t26-,27-,28-,29-,30-,31+/m1/s1. The molecule has 0 aromatic heterocycles. The zero-order chi connectivity index (χ0) is 27.0. The number of carbonyl (C=O) groups excluding carboxylic acids is 3. The zero-order valence-electron chi connectivity index (χ0n) is 21.6. The second-order valence-electron chi connectivity index (χ2n) is 11.3. The third kappa shape index (κ3) is 3.59. The highest BCUT2D eigenvalue weighted by atomic mass is 16.5. The predicted octanol–water partition coefficient (Wildman–Crippen LogP) is 6.44. The monoisotopic (exact) mass is 526 g/mol. The van der Waals surface area contributed by atoms with Crippen LogP contribution in [0.15, 0.2) is 103 Å². The molecule has 3 fully saturated rings. The molecule has 0 spiro atoms. The molecule has 2 saturated carbocycles. The van der Waals surface area contributed by atoms with Gasteiger partial charge in [0, 0.05) is 11.3 Å². The maximum atomic E-state index is 13.5. The maximum Gasteiger partial charge on any atom is 0.255 e. The molecule has 196 valence electrons. The van der Waals surface area contributed by atoms with Crippen LogP contribution in [0.3, 0.4) is 0 Å². The summed E-state index contributed by atoms with van der Waals surface area (Å²) in [6.45, 7) is 0. The number of allylic oxidation sites excluding steroid dienone is 2. The number of carbonyl (C=O) groups is 3. The lowest BCUT2D eigenvalue weighted by molar-refractivity contribution is -0.124. The minimum absolute atomic E-state index is 0.126. The van der Waals surface area contributed by atoms with Gasteiger partial charge >= 0.3 is 0 Å². The molecule has 4 aromatic rings. The molecule has 6 nitrogen and oxygen atoms in total. The van der Waals surface area contributed by atoms with Crippen molar-refractivity contribution in [2.75, 3.05) is 10.2 Å². The van der Waals surface area contributed by atoms with Crippen LogP contribution in [-0.4, -0.2) is 17.7 Å². The number of hydrogen-bond donors (Lipinski definition) is 1. The summed E-state index contributed by atoms with van der Waals surface area (Å²) in [5, 5.41) is 5.15. The normalized spacial score (nSPS) is 27.4. The Bertz CT molecular complexity index is 1710. The van der Waals surface area contributed by atoms with E-state index in [4.69, 9.17) is 4.74 Å². The molecule has 1 saturated heterocycles. The van der Waals surface area contributed by atoms with Crippen LogP contribution < -0.4 is 15.0 Å². The first-order valence-corrected chi connectivity index (χ1v) is 13.8. The number of benzene rings is 4. The van der Waals surface area contributed by atoms with E-state index < -0.39 is 0 Å². The largest absolute Gasteiger partial charge is 0.457 e. The molecule has 1 N–H and O–H groups in total. The molecule has 40 heavy (non-hydrogen) atoms. The Hall–Kier alpha value is -4.71. The molecule has 0 unspecified atom stereocenters. The highest BCUT2D eigenvalue weighted by Gasteiger charge is 2.67. The van der Waals surface area contributed by atoms with Crippen LogP contribution in [0.2, 0.25) is 0 Å². The van der Waals surface area contributed by atoms with Gasteiger partial charge in [0.05, 0.1) is 17.5 Å². The van der Waals surface area contributed by atoms with Crippen LogP contribution in [-0.2, 0) is 9.59 Å². The van der Waals surface area contributed by atoms with Crippen molar-refractivity contribution in [3.05, 3.63) is 109 Å². The summed E-state index contributed by atoms with van der Waals surface area (Å²) in [7, 11) is 0. The third-order valence-corrected chi connectivity index (χ3v) is 9.10. The van der Waals surface area contributed by atoms with E-state index in [9.17, 15) is 14.4 Å². The highest BCUT2D eigenvalue weighted by molar-refractivity contribution is 6.23. The molecule has 4 aliphatic carbocycles. The Morgan fingerprint density at radius 1 is 0.725 bits per heavy atom. The van der Waals surface area contributed by atoms with Gasteiger partial charge < -0.3 is 10.1 Å². The topological polar surface area (TPSA) is 75.7 Å². The van der Waals surface area contributed by atoms with E-state index in [1.165, 1.54) is 4.90 Å². The SMILES string of the molecule is O=C(Nc1ccc(Oc2ccc3ccccc3c2)cc1)c1cccc(N2C(=O)[C@@H]3[C@@H]4C=C[C@H]([C@H]5C[C@H]45)[C@@H]3C2=O)c1. The van der Waals surface area contributed by atoms with E-state index in [2.05, 4.69) is 23.5 Å². The van der Waals surface area contributed by atoms with E-state index >= 15 is 0 Å². The van der Waals surface area contributed by atoms with Gasteiger partial charge in [-0.05, 0) is 95.5 Å². The van der Waals surface area contributed by atoms with Crippen molar-refractivity contribution in [2.24, 2.45) is 35.5 Å². The number of hydrogen-bond acceptors (Lipinski definition) is 4. The van der Waals surface area contributed by atoms with Crippen molar-refractivity contribution in [1.29, 1.82) is 0 Å². The smallest absolute Gasteiger partial charge is 0.255 e. The van der Waals surface area contributed by atoms with Gasteiger partial charge in [-0.1, -0.05) is 48.6 Å². The Kier molecular flexibility index (Phi) is 5.02. The average Bonchev–Trinajstić information content (AvgIpc) is 3.76. The first kappa shape index (κ1) is 23.2. The van der Waals surface area contributed by atoms with E-state index in [1.54, 1.807) is 48.5 Å². The van der Waals surface area contributed by atoms with E-state index in [0.29, 0.717) is 34.5 Å². The van der Waals surface area contributed by atoms with Crippen molar-refractivity contribution in [1.82, 2.24) is 0 Å². The van der Waals surface area contributed by atoms with Crippen LogP contribution in [0, 0.1) is 35.5 Å². The number of amides is 3. The number of fused-ring (bicyclic) bond motifs is 1. The molecule has 1 heterocycles. The second kappa shape index (κ2) is 8.65. The van der Waals surface area contributed by atoms with Gasteiger partial charge in [0.15, 0.2) is 0 Å². The molecule has 2 bridgehead atoms. The molecule has 0 radical (unpaired) electrons. The van der Waals surface area contributed by atoms with Crippen molar-refractivity contribution in [3.63, 3.8) is 0 Å². The fraction of sp³-hybridized carbons (Fsp3) is 0.206. The number of anilines is 2. The van der Waals surface area contributed by atoms with Gasteiger partial charge in [-0.15, -0.1) is 0 Å². The molecule has 6 atom stereocenters. The van der Waals surface area contributed by atoms with E-state index in [-0.39, 0.29) is 41.4 Å². The Labute approximate surface area is 231 Å². The molecular weight excluding hydrogens is 500 g/mol. The lowest BCUT2D eigenvalue weighted by Crippen LogP contribution is -2.40. The summed E-state index contributed by atoms with van der Waals surface area (Å²) in [5.74, 6) is 1.73. The van der Waals surface area contributed by atoms with Crippen molar-refractivity contribution in [3.8, 4) is 11.5 Å². The van der Waals surface area contributed by atoms with Gasteiger partial charge in [-0.25, -0.2) is 4.90 Å². The number of nitrogens with one attached hydrogen (secondary N) is 1. The number of imide groups is 1. The highest BCUT2D eigenvalue weighted by Crippen LogP contribution is 2.65. The molecule has 4 aromatic carbocycles. The van der Waals surface area contributed by atoms with Gasteiger partial charge in [-0.3, -0.25) is 14.4 Å². The first-order valence-electron chi connectivity index (χ1n) is 13.8. The molecule has 5 aliphatic rings. The lowest BCUT2D eigenvalue weighted by atomic mass is 9.63. The maximum absolute atomic E-state index is 13.5. The average molecular weight is 527 g/mol. The summed E-state index contributed by atoms with van der Waals surface area (Å²) < 4.78 is 6.01. The van der Waals surface area contributed by atoms with Gasteiger partial charge in [0.2, 0.25) is 11.8 Å². The van der Waals surface area contributed by atoms with E-state index in [0.717, 1.165) is 22.9 Å². The Morgan fingerprint density at radius 2 is 1.40 bits per heavy atom. The van der Waals surface area contributed by atoms with Gasteiger partial charge in [0.1, 0.15) is 11.5 Å². The first-order chi connectivity index (χ1) is 19.5. The summed E-state index contributed by atoms with van der Waals surface area (Å²) in [4.78, 5) is 41.4. The number of rotatable bonds is 5. The zero-order valence-corrected chi connectivity index (χ0v) is 21.6. The minimum Gasteiger partial charge on any atom is -0.457 e. The van der Waals surface area contributed by atoms with E-state index in [1.807, 2.05) is 36.4 Å². The fourth-order valence-electron chi connectivity index (χ4n) is 7.17. The van der Waals surface area contributed by atoms with Crippen LogP contribution in [0.25, 0.3) is 10.8 Å². The Morgan fingerprint density at radius 3 is 2.12 bits per heavy atom. The Balaban J connectivity index is 0.971. The molecule has 3 amide bonds. The van der Waals surface area contributed by atoms with Crippen LogP contribution >= 0.6 is 0 Å². The molecular formula is C34H26N2O4. The molecule has 1 aliphatic heterocycles. The van der Waals surface area contributed by atoms with Gasteiger partial charge in [0.25, 0.3) is 5.91 Å².